The maximum absolute atomic E-state index is 12.7. The van der Waals surface area contributed by atoms with E-state index in [1.54, 1.807) is 0 Å². The van der Waals surface area contributed by atoms with Gasteiger partial charge >= 0.3 is 0 Å². The summed E-state index contributed by atoms with van der Waals surface area (Å²) in [6.07, 6.45) is -3.04. The molecule has 8 heteroatoms. The molecule has 0 aliphatic carbocycles. The molecule has 0 aromatic carbocycles. The van der Waals surface area contributed by atoms with Crippen LogP contribution in [0.15, 0.2) is 11.0 Å². The summed E-state index contributed by atoms with van der Waals surface area (Å²) in [5, 5.41) is 0. The predicted molar refractivity (Wildman–Crippen MR) is 53.5 cm³/mol. The van der Waals surface area contributed by atoms with Gasteiger partial charge in [-0.05, 0) is 13.0 Å². The Hall–Kier alpha value is -0.950. The molecular weight excluding hydrogens is 264 g/mol. The maximum atomic E-state index is 12.7. The zero-order valence-electron chi connectivity index (χ0n) is 8.37. The Kier molecular flexibility index (Phi) is 3.69. The van der Waals surface area contributed by atoms with Crippen molar-refractivity contribution in [1.29, 1.82) is 0 Å². The average molecular weight is 272 g/mol. The highest BCUT2D eigenvalue weighted by Crippen LogP contribution is 2.35. The molecule has 0 unspecified atom stereocenters. The van der Waals surface area contributed by atoms with Crippen molar-refractivity contribution in [3.05, 3.63) is 17.3 Å². The molecule has 0 fully saturated rings. The third-order valence-electron chi connectivity index (χ3n) is 1.79. The van der Waals surface area contributed by atoms with Crippen molar-refractivity contribution in [1.82, 2.24) is 4.98 Å². The largest absolute Gasteiger partial charge is 0.481 e. The molecule has 0 aliphatic rings. The summed E-state index contributed by atoms with van der Waals surface area (Å²) in [6.45, 7) is 1.45. The number of halogens is 3. The Morgan fingerprint density at radius 2 is 2.06 bits per heavy atom. The molecule has 16 heavy (non-hydrogen) atoms. The molecule has 0 aliphatic heterocycles. The molecule has 1 heterocycles. The highest BCUT2D eigenvalue weighted by Gasteiger charge is 2.27. The monoisotopic (exact) mass is 271 g/mol. The minimum absolute atomic E-state index is 0.223. The Bertz CT molecular complexity index is 504. The molecule has 0 bridgehead atoms. The number of nitrogens with zero attached hydrogens (tertiary/aromatic N) is 1. The van der Waals surface area contributed by atoms with Gasteiger partial charge in [-0.1, -0.05) is 0 Å². The van der Waals surface area contributed by atoms with Crippen molar-refractivity contribution in [2.24, 2.45) is 0 Å². The Morgan fingerprint density at radius 1 is 1.50 bits per heavy atom. The highest BCUT2D eigenvalue weighted by atomic mass is 35.7. The van der Waals surface area contributed by atoms with Crippen LogP contribution >= 0.6 is 10.7 Å². The number of pyridine rings is 1. The molecular formula is C8H8ClF2NO3S. The van der Waals surface area contributed by atoms with Crippen molar-refractivity contribution in [3.63, 3.8) is 0 Å². The molecule has 0 saturated heterocycles. The van der Waals surface area contributed by atoms with Gasteiger partial charge in [0, 0.05) is 16.4 Å². The van der Waals surface area contributed by atoms with Gasteiger partial charge < -0.3 is 4.74 Å². The molecule has 0 atom stereocenters. The van der Waals surface area contributed by atoms with Crippen LogP contribution in [0.3, 0.4) is 0 Å². The third kappa shape index (κ3) is 2.59. The first-order chi connectivity index (χ1) is 7.27. The molecule has 1 aromatic rings. The number of methoxy groups -OCH3 is 1. The van der Waals surface area contributed by atoms with Crippen LogP contribution in [0, 0.1) is 6.92 Å². The van der Waals surface area contributed by atoms with Gasteiger partial charge in [0.25, 0.3) is 15.5 Å². The third-order valence-corrected chi connectivity index (χ3v) is 3.15. The topological polar surface area (TPSA) is 56.3 Å². The van der Waals surface area contributed by atoms with Crippen LogP contribution in [0.25, 0.3) is 0 Å². The van der Waals surface area contributed by atoms with E-state index in [0.717, 1.165) is 13.2 Å². The lowest BCUT2D eigenvalue weighted by atomic mass is 10.2. The van der Waals surface area contributed by atoms with E-state index in [1.807, 2.05) is 0 Å². The summed E-state index contributed by atoms with van der Waals surface area (Å²) >= 11 is 0. The summed E-state index contributed by atoms with van der Waals surface area (Å²) in [4.78, 5) is 2.99. The van der Waals surface area contributed by atoms with Crippen LogP contribution in [-0.4, -0.2) is 20.5 Å². The van der Waals surface area contributed by atoms with Gasteiger partial charge in [-0.25, -0.2) is 22.2 Å². The summed E-state index contributed by atoms with van der Waals surface area (Å²) in [7, 11) is 1.93. The van der Waals surface area contributed by atoms with Gasteiger partial charge in [0.2, 0.25) is 5.88 Å². The van der Waals surface area contributed by atoms with Gasteiger partial charge in [-0.3, -0.25) is 0 Å². The Morgan fingerprint density at radius 3 is 2.44 bits per heavy atom. The van der Waals surface area contributed by atoms with Crippen LogP contribution in [0.2, 0.25) is 0 Å². The van der Waals surface area contributed by atoms with Crippen LogP contribution in [0.5, 0.6) is 5.88 Å². The maximum Gasteiger partial charge on any atom is 0.270 e. The number of hydrogen-bond donors (Lipinski definition) is 0. The van der Waals surface area contributed by atoms with Crippen LogP contribution in [0.1, 0.15) is 17.7 Å². The van der Waals surface area contributed by atoms with Crippen molar-refractivity contribution < 1.29 is 21.9 Å². The van der Waals surface area contributed by atoms with Gasteiger partial charge in [-0.15, -0.1) is 0 Å². The quantitative estimate of drug-likeness (QED) is 0.792. The zero-order valence-corrected chi connectivity index (χ0v) is 9.94. The van der Waals surface area contributed by atoms with E-state index in [9.17, 15) is 17.2 Å². The molecule has 0 N–H and O–H groups in total. The van der Waals surface area contributed by atoms with Crippen LogP contribution < -0.4 is 4.74 Å². The summed E-state index contributed by atoms with van der Waals surface area (Å²) in [5.41, 5.74) is -0.594. The van der Waals surface area contributed by atoms with Crippen molar-refractivity contribution in [2.75, 3.05) is 7.11 Å². The smallest absolute Gasteiger partial charge is 0.270 e. The lowest BCUT2D eigenvalue weighted by molar-refractivity contribution is 0.142. The molecule has 1 rings (SSSR count). The van der Waals surface area contributed by atoms with Crippen molar-refractivity contribution in [3.8, 4) is 5.88 Å². The Labute approximate surface area is 95.6 Å². The van der Waals surface area contributed by atoms with Gasteiger partial charge in [0.05, 0.1) is 17.6 Å². The van der Waals surface area contributed by atoms with Gasteiger partial charge in [0.1, 0.15) is 0 Å². The highest BCUT2D eigenvalue weighted by molar-refractivity contribution is 8.13. The molecule has 4 nitrogen and oxygen atoms in total. The lowest BCUT2D eigenvalue weighted by Crippen LogP contribution is -2.05. The van der Waals surface area contributed by atoms with Crippen molar-refractivity contribution in [2.45, 2.75) is 18.2 Å². The molecule has 0 saturated carbocycles. The lowest BCUT2D eigenvalue weighted by Gasteiger charge is -2.11. The zero-order chi connectivity index (χ0) is 12.5. The Balaban J connectivity index is 3.64. The fourth-order valence-corrected chi connectivity index (χ4v) is 2.32. The number of alkyl halides is 2. The number of hydrogen-bond acceptors (Lipinski definition) is 4. The first-order valence-corrected chi connectivity index (χ1v) is 6.36. The molecule has 0 spiro atoms. The first-order valence-electron chi connectivity index (χ1n) is 4.05. The van der Waals surface area contributed by atoms with Gasteiger partial charge in [0.15, 0.2) is 0 Å². The number of aromatic nitrogens is 1. The van der Waals surface area contributed by atoms with Crippen molar-refractivity contribution >= 4 is 19.7 Å². The van der Waals surface area contributed by atoms with Gasteiger partial charge in [-0.2, -0.15) is 0 Å². The van der Waals surface area contributed by atoms with E-state index in [0.29, 0.717) is 0 Å². The van der Waals surface area contributed by atoms with Crippen LogP contribution in [0.4, 0.5) is 8.78 Å². The van der Waals surface area contributed by atoms with E-state index in [1.165, 1.54) is 6.92 Å². The number of ether oxygens (including phenoxy) is 1. The van der Waals surface area contributed by atoms with E-state index < -0.39 is 31.8 Å². The molecule has 0 radical (unpaired) electrons. The second kappa shape index (κ2) is 4.50. The van der Waals surface area contributed by atoms with E-state index in [2.05, 4.69) is 9.72 Å². The number of rotatable bonds is 3. The standard InChI is InChI=1S/C8H8ClF2NO3S/c1-4-3-5(16(9,13)14)6(7(10)11)8(12-4)15-2/h3,7H,1-2H3. The first kappa shape index (κ1) is 13.1. The SMILES string of the molecule is COc1nc(C)cc(S(=O)(=O)Cl)c1C(F)F. The van der Waals surface area contributed by atoms with E-state index >= 15 is 0 Å². The molecule has 90 valence electrons. The minimum atomic E-state index is -4.26. The summed E-state index contributed by atoms with van der Waals surface area (Å²) in [6, 6.07) is 0.979. The summed E-state index contributed by atoms with van der Waals surface area (Å²) < 4.78 is 52.3. The predicted octanol–water partition coefficient (Wildman–Crippen LogP) is 2.26. The minimum Gasteiger partial charge on any atom is -0.481 e. The molecule has 1 aromatic heterocycles. The fraction of sp³-hybridized carbons (Fsp3) is 0.375. The number of aryl methyl sites for hydroxylation is 1. The fourth-order valence-electron chi connectivity index (χ4n) is 1.18. The second-order valence-electron chi connectivity index (χ2n) is 2.92. The summed E-state index contributed by atoms with van der Waals surface area (Å²) in [5.74, 6) is -0.436. The van der Waals surface area contributed by atoms with Crippen LogP contribution in [-0.2, 0) is 9.05 Å². The second-order valence-corrected chi connectivity index (χ2v) is 5.46. The normalized spacial score (nSPS) is 11.9. The van der Waals surface area contributed by atoms with E-state index in [4.69, 9.17) is 10.7 Å². The van der Waals surface area contributed by atoms with E-state index in [-0.39, 0.29) is 5.69 Å². The average Bonchev–Trinajstić information content (AvgIpc) is 2.14. The molecule has 0 amide bonds.